The number of hydrogen-bond acceptors (Lipinski definition) is 5. The molecule has 0 bridgehead atoms. The summed E-state index contributed by atoms with van der Waals surface area (Å²) in [5.74, 6) is 0.239. The van der Waals surface area contributed by atoms with Gasteiger partial charge in [0.2, 0.25) is 0 Å². The smallest absolute Gasteiger partial charge is 0.182 e. The van der Waals surface area contributed by atoms with Crippen molar-refractivity contribution in [1.82, 2.24) is 25.1 Å². The SMILES string of the molecule is Nc1cc(-c2nnnn2C2CCN(C3CC3)C2)ccc1F. The molecular formula is C14H17FN6. The van der Waals surface area contributed by atoms with Crippen LogP contribution in [0, 0.1) is 5.82 Å². The van der Waals surface area contributed by atoms with Crippen LogP contribution in [0.2, 0.25) is 0 Å². The summed E-state index contributed by atoms with van der Waals surface area (Å²) in [4.78, 5) is 2.51. The summed E-state index contributed by atoms with van der Waals surface area (Å²) in [6, 6.07) is 5.65. The van der Waals surface area contributed by atoms with Crippen LogP contribution in [0.15, 0.2) is 18.2 Å². The van der Waals surface area contributed by atoms with Crippen LogP contribution in [0.25, 0.3) is 11.4 Å². The van der Waals surface area contributed by atoms with Crippen molar-refractivity contribution >= 4 is 5.69 Å². The first-order valence-electron chi connectivity index (χ1n) is 7.29. The molecule has 2 N–H and O–H groups in total. The van der Waals surface area contributed by atoms with Crippen LogP contribution in [-0.4, -0.2) is 44.2 Å². The van der Waals surface area contributed by atoms with Crippen molar-refractivity contribution in [3.63, 3.8) is 0 Å². The number of tetrazole rings is 1. The molecular weight excluding hydrogens is 271 g/mol. The fourth-order valence-electron chi connectivity index (χ4n) is 3.05. The molecule has 1 unspecified atom stereocenters. The molecule has 0 radical (unpaired) electrons. The number of nitrogens with zero attached hydrogens (tertiary/aromatic N) is 5. The predicted octanol–water partition coefficient (Wildman–Crippen LogP) is 1.47. The van der Waals surface area contributed by atoms with Crippen molar-refractivity contribution in [3.8, 4) is 11.4 Å². The number of anilines is 1. The highest BCUT2D eigenvalue weighted by Gasteiger charge is 2.36. The lowest BCUT2D eigenvalue weighted by atomic mass is 10.1. The summed E-state index contributed by atoms with van der Waals surface area (Å²) in [5.41, 5.74) is 6.51. The Morgan fingerprint density at radius 3 is 2.81 bits per heavy atom. The van der Waals surface area contributed by atoms with E-state index in [1.165, 1.54) is 18.9 Å². The maximum atomic E-state index is 13.3. The van der Waals surface area contributed by atoms with Crippen molar-refractivity contribution in [2.45, 2.75) is 31.3 Å². The van der Waals surface area contributed by atoms with Gasteiger partial charge in [0.1, 0.15) is 5.82 Å². The maximum Gasteiger partial charge on any atom is 0.182 e. The molecule has 2 aliphatic rings. The largest absolute Gasteiger partial charge is 0.396 e. The van der Waals surface area contributed by atoms with Gasteiger partial charge in [0.25, 0.3) is 0 Å². The molecule has 1 atom stereocenters. The molecule has 4 rings (SSSR count). The summed E-state index contributed by atoms with van der Waals surface area (Å²) in [5, 5.41) is 12.0. The Bertz CT molecular complexity index is 665. The van der Waals surface area contributed by atoms with Gasteiger partial charge >= 0.3 is 0 Å². The molecule has 1 saturated heterocycles. The lowest BCUT2D eigenvalue weighted by Crippen LogP contribution is -2.24. The van der Waals surface area contributed by atoms with Gasteiger partial charge in [-0.2, -0.15) is 0 Å². The molecule has 1 saturated carbocycles. The summed E-state index contributed by atoms with van der Waals surface area (Å²) < 4.78 is 15.2. The van der Waals surface area contributed by atoms with Crippen LogP contribution in [0.5, 0.6) is 0 Å². The van der Waals surface area contributed by atoms with E-state index < -0.39 is 5.82 Å². The average Bonchev–Trinajstić information content (AvgIpc) is 3.03. The molecule has 110 valence electrons. The number of halogens is 1. The highest BCUT2D eigenvalue weighted by atomic mass is 19.1. The zero-order valence-electron chi connectivity index (χ0n) is 11.6. The lowest BCUT2D eigenvalue weighted by molar-refractivity contribution is 0.309. The second-order valence-electron chi connectivity index (χ2n) is 5.85. The average molecular weight is 288 g/mol. The summed E-state index contributed by atoms with van der Waals surface area (Å²) in [6.07, 6.45) is 3.67. The highest BCUT2D eigenvalue weighted by Crippen LogP contribution is 2.34. The molecule has 1 aliphatic heterocycles. The molecule has 0 amide bonds. The minimum absolute atomic E-state index is 0.119. The standard InChI is InChI=1S/C14H17FN6/c15-12-4-1-9(7-13(12)16)14-17-18-19-21(14)11-5-6-20(8-11)10-2-3-10/h1,4,7,10-11H,2-3,5-6,8,16H2. The van der Waals surface area contributed by atoms with Gasteiger partial charge in [0.05, 0.1) is 11.7 Å². The lowest BCUT2D eigenvalue weighted by Gasteiger charge is -2.15. The van der Waals surface area contributed by atoms with Gasteiger partial charge in [-0.25, -0.2) is 9.07 Å². The van der Waals surface area contributed by atoms with Gasteiger partial charge in [-0.05, 0) is 47.9 Å². The molecule has 2 heterocycles. The van der Waals surface area contributed by atoms with E-state index in [2.05, 4.69) is 20.4 Å². The second-order valence-corrected chi connectivity index (χ2v) is 5.85. The molecule has 1 aromatic heterocycles. The van der Waals surface area contributed by atoms with Crippen LogP contribution in [-0.2, 0) is 0 Å². The summed E-state index contributed by atoms with van der Waals surface area (Å²) in [7, 11) is 0. The normalized spacial score (nSPS) is 22.8. The van der Waals surface area contributed by atoms with Crippen molar-refractivity contribution in [2.24, 2.45) is 0 Å². The van der Waals surface area contributed by atoms with E-state index in [9.17, 15) is 4.39 Å². The molecule has 2 fully saturated rings. The van der Waals surface area contributed by atoms with Crippen LogP contribution in [0.1, 0.15) is 25.3 Å². The minimum Gasteiger partial charge on any atom is -0.396 e. The third-order valence-corrected chi connectivity index (χ3v) is 4.35. The van der Waals surface area contributed by atoms with E-state index in [4.69, 9.17) is 5.73 Å². The molecule has 0 spiro atoms. The van der Waals surface area contributed by atoms with Crippen LogP contribution in [0.3, 0.4) is 0 Å². The molecule has 6 nitrogen and oxygen atoms in total. The second kappa shape index (κ2) is 4.77. The maximum absolute atomic E-state index is 13.3. The molecule has 7 heteroatoms. The van der Waals surface area contributed by atoms with Gasteiger partial charge in [-0.1, -0.05) is 0 Å². The van der Waals surface area contributed by atoms with E-state index in [1.54, 1.807) is 12.1 Å². The number of hydrogen-bond donors (Lipinski definition) is 1. The van der Waals surface area contributed by atoms with Crippen LogP contribution >= 0.6 is 0 Å². The van der Waals surface area contributed by atoms with Crippen LogP contribution in [0.4, 0.5) is 10.1 Å². The monoisotopic (exact) mass is 288 g/mol. The number of rotatable bonds is 3. The molecule has 2 aromatic rings. The Balaban J connectivity index is 1.62. The van der Waals surface area contributed by atoms with E-state index in [0.29, 0.717) is 5.82 Å². The summed E-state index contributed by atoms with van der Waals surface area (Å²) >= 11 is 0. The van der Waals surface area contributed by atoms with Crippen molar-refractivity contribution in [1.29, 1.82) is 0 Å². The van der Waals surface area contributed by atoms with Gasteiger partial charge < -0.3 is 5.73 Å². The van der Waals surface area contributed by atoms with E-state index in [1.807, 2.05) is 4.68 Å². The zero-order valence-corrected chi connectivity index (χ0v) is 11.6. The minimum atomic E-state index is -0.418. The Morgan fingerprint density at radius 2 is 2.05 bits per heavy atom. The van der Waals surface area contributed by atoms with Crippen LogP contribution < -0.4 is 5.73 Å². The van der Waals surface area contributed by atoms with Gasteiger partial charge in [0, 0.05) is 24.7 Å². The predicted molar refractivity (Wildman–Crippen MR) is 75.9 cm³/mol. The van der Waals surface area contributed by atoms with Gasteiger partial charge in [0.15, 0.2) is 5.82 Å². The number of nitrogens with two attached hydrogens (primary N) is 1. The van der Waals surface area contributed by atoms with Crippen molar-refractivity contribution < 1.29 is 4.39 Å². The third-order valence-electron chi connectivity index (χ3n) is 4.35. The van der Waals surface area contributed by atoms with Gasteiger partial charge in [-0.15, -0.1) is 5.10 Å². The first-order chi connectivity index (χ1) is 10.2. The van der Waals surface area contributed by atoms with Crippen molar-refractivity contribution in [2.75, 3.05) is 18.8 Å². The van der Waals surface area contributed by atoms with E-state index in [-0.39, 0.29) is 11.7 Å². The Labute approximate surface area is 121 Å². The quantitative estimate of drug-likeness (QED) is 0.866. The summed E-state index contributed by atoms with van der Waals surface area (Å²) in [6.45, 7) is 2.08. The molecule has 1 aromatic carbocycles. The first-order valence-corrected chi connectivity index (χ1v) is 7.29. The number of benzene rings is 1. The van der Waals surface area contributed by atoms with E-state index in [0.717, 1.165) is 31.1 Å². The highest BCUT2D eigenvalue weighted by molar-refractivity contribution is 5.61. The fraction of sp³-hybridized carbons (Fsp3) is 0.500. The van der Waals surface area contributed by atoms with E-state index >= 15 is 0 Å². The Kier molecular flexibility index (Phi) is 2.88. The number of aromatic nitrogens is 4. The first kappa shape index (κ1) is 12.7. The Morgan fingerprint density at radius 1 is 1.19 bits per heavy atom. The third kappa shape index (κ3) is 2.27. The fourth-order valence-corrected chi connectivity index (χ4v) is 3.05. The zero-order chi connectivity index (χ0) is 14.4. The number of likely N-dealkylation sites (tertiary alicyclic amines) is 1. The number of nitrogen functional groups attached to an aromatic ring is 1. The topological polar surface area (TPSA) is 72.9 Å². The Hall–Kier alpha value is -2.02. The molecule has 21 heavy (non-hydrogen) atoms. The van der Waals surface area contributed by atoms with Crippen molar-refractivity contribution in [3.05, 3.63) is 24.0 Å². The molecule has 1 aliphatic carbocycles. The van der Waals surface area contributed by atoms with Gasteiger partial charge in [-0.3, -0.25) is 4.90 Å².